The highest BCUT2D eigenvalue weighted by molar-refractivity contribution is 9.10. The number of hydrogen-bond acceptors (Lipinski definition) is 5. The lowest BCUT2D eigenvalue weighted by Crippen LogP contribution is -2.34. The summed E-state index contributed by atoms with van der Waals surface area (Å²) >= 11 is 3.34. The van der Waals surface area contributed by atoms with Crippen molar-refractivity contribution in [3.63, 3.8) is 0 Å². The first-order chi connectivity index (χ1) is 14.3. The van der Waals surface area contributed by atoms with E-state index in [4.69, 9.17) is 4.74 Å². The number of esters is 1. The van der Waals surface area contributed by atoms with E-state index in [1.807, 2.05) is 0 Å². The minimum atomic E-state index is -3.49. The van der Waals surface area contributed by atoms with E-state index >= 15 is 0 Å². The predicted molar refractivity (Wildman–Crippen MR) is 115 cm³/mol. The van der Waals surface area contributed by atoms with Gasteiger partial charge in [-0.15, -0.1) is 0 Å². The zero-order valence-corrected chi connectivity index (χ0v) is 18.8. The molecule has 1 aliphatic carbocycles. The Morgan fingerprint density at radius 2 is 1.73 bits per heavy atom. The fourth-order valence-corrected chi connectivity index (χ4v) is 4.44. The number of methoxy groups -OCH3 is 1. The van der Waals surface area contributed by atoms with Crippen LogP contribution in [-0.2, 0) is 30.8 Å². The van der Waals surface area contributed by atoms with Crippen molar-refractivity contribution in [1.82, 2.24) is 10.0 Å². The maximum Gasteiger partial charge on any atom is 0.333 e. The molecule has 1 aliphatic rings. The van der Waals surface area contributed by atoms with Gasteiger partial charge in [0.05, 0.1) is 12.0 Å². The van der Waals surface area contributed by atoms with Gasteiger partial charge in [-0.1, -0.05) is 40.2 Å². The van der Waals surface area contributed by atoms with Crippen LogP contribution in [0.25, 0.3) is 0 Å². The van der Waals surface area contributed by atoms with Gasteiger partial charge in [0.25, 0.3) is 0 Å². The van der Waals surface area contributed by atoms with E-state index in [-0.39, 0.29) is 23.3 Å². The first-order valence-electron chi connectivity index (χ1n) is 9.52. The molecule has 0 spiro atoms. The number of nitrogens with one attached hydrogen (secondary N) is 2. The second-order valence-electron chi connectivity index (χ2n) is 7.11. The van der Waals surface area contributed by atoms with E-state index in [1.165, 1.54) is 19.2 Å². The summed E-state index contributed by atoms with van der Waals surface area (Å²) in [7, 11) is -2.22. The van der Waals surface area contributed by atoms with Crippen molar-refractivity contribution in [1.29, 1.82) is 0 Å². The van der Waals surface area contributed by atoms with Crippen molar-refractivity contribution in [2.24, 2.45) is 0 Å². The van der Waals surface area contributed by atoms with Crippen LogP contribution in [0.5, 0.6) is 0 Å². The molecule has 1 fully saturated rings. The van der Waals surface area contributed by atoms with Gasteiger partial charge in [0.15, 0.2) is 6.04 Å². The number of amides is 1. The highest BCUT2D eigenvalue weighted by Crippen LogP contribution is 2.22. The lowest BCUT2D eigenvalue weighted by Gasteiger charge is -2.17. The minimum Gasteiger partial charge on any atom is -0.467 e. The number of carbonyl (C=O) groups excluding carboxylic acids is 2. The normalized spacial score (nSPS) is 14.7. The van der Waals surface area contributed by atoms with Crippen LogP contribution in [0.15, 0.2) is 57.9 Å². The van der Waals surface area contributed by atoms with Crippen LogP contribution in [0.1, 0.15) is 36.4 Å². The molecule has 1 saturated carbocycles. The Labute approximate surface area is 184 Å². The molecule has 1 atom stereocenters. The van der Waals surface area contributed by atoms with Crippen molar-refractivity contribution in [2.75, 3.05) is 7.11 Å². The number of sulfonamides is 1. The summed E-state index contributed by atoms with van der Waals surface area (Å²) in [4.78, 5) is 24.7. The second-order valence-corrected chi connectivity index (χ2v) is 9.74. The van der Waals surface area contributed by atoms with Gasteiger partial charge in [-0.25, -0.2) is 17.9 Å². The Morgan fingerprint density at radius 1 is 1.10 bits per heavy atom. The van der Waals surface area contributed by atoms with Gasteiger partial charge in [-0.2, -0.15) is 0 Å². The molecule has 2 aromatic carbocycles. The Balaban J connectivity index is 1.58. The topological polar surface area (TPSA) is 102 Å². The SMILES string of the molecule is COC(=O)C(NC(=O)CCc1ccc(S(=O)(=O)NC2CC2)cc1)c1ccc(Br)cc1. The van der Waals surface area contributed by atoms with E-state index in [2.05, 4.69) is 26.0 Å². The molecule has 9 heteroatoms. The maximum absolute atomic E-state index is 12.4. The zero-order valence-electron chi connectivity index (χ0n) is 16.4. The fraction of sp³-hybridized carbons (Fsp3) is 0.333. The maximum atomic E-state index is 12.4. The van der Waals surface area contributed by atoms with E-state index in [9.17, 15) is 18.0 Å². The molecule has 0 aliphatic heterocycles. The summed E-state index contributed by atoms with van der Waals surface area (Å²) < 4.78 is 32.7. The third-order valence-corrected chi connectivity index (χ3v) is 6.78. The molecule has 0 radical (unpaired) electrons. The molecule has 7 nitrogen and oxygen atoms in total. The summed E-state index contributed by atoms with van der Waals surface area (Å²) in [5.74, 6) is -0.858. The van der Waals surface area contributed by atoms with Gasteiger partial charge in [0, 0.05) is 16.9 Å². The molecule has 0 aromatic heterocycles. The molecule has 160 valence electrons. The van der Waals surface area contributed by atoms with Gasteiger partial charge < -0.3 is 10.1 Å². The molecule has 0 heterocycles. The third kappa shape index (κ3) is 6.13. The number of halogens is 1. The smallest absolute Gasteiger partial charge is 0.333 e. The van der Waals surface area contributed by atoms with Gasteiger partial charge in [0.1, 0.15) is 0 Å². The Morgan fingerprint density at radius 3 is 2.30 bits per heavy atom. The van der Waals surface area contributed by atoms with E-state index in [0.717, 1.165) is 22.9 Å². The monoisotopic (exact) mass is 494 g/mol. The Hall–Kier alpha value is -2.23. The molecular formula is C21H23BrN2O5S. The quantitative estimate of drug-likeness (QED) is 0.521. The van der Waals surface area contributed by atoms with Crippen molar-refractivity contribution in [3.8, 4) is 0 Å². The predicted octanol–water partition coefficient (Wildman–Crippen LogP) is 2.85. The van der Waals surface area contributed by atoms with Gasteiger partial charge in [-0.05, 0) is 54.7 Å². The average Bonchev–Trinajstić information content (AvgIpc) is 3.54. The Kier molecular flexibility index (Phi) is 7.27. The molecule has 1 unspecified atom stereocenters. The molecule has 30 heavy (non-hydrogen) atoms. The number of hydrogen-bond donors (Lipinski definition) is 2. The van der Waals surface area contributed by atoms with Crippen LogP contribution in [0.2, 0.25) is 0 Å². The summed E-state index contributed by atoms with van der Waals surface area (Å²) in [6.45, 7) is 0. The van der Waals surface area contributed by atoms with Crippen LogP contribution >= 0.6 is 15.9 Å². The zero-order chi connectivity index (χ0) is 21.7. The molecule has 2 aromatic rings. The number of ether oxygens (including phenoxy) is 1. The van der Waals surface area contributed by atoms with Crippen LogP contribution in [0.4, 0.5) is 0 Å². The van der Waals surface area contributed by atoms with Crippen molar-refractivity contribution < 1.29 is 22.7 Å². The summed E-state index contributed by atoms with van der Waals surface area (Å²) in [6, 6.07) is 12.7. The first-order valence-corrected chi connectivity index (χ1v) is 11.8. The standard InChI is InChI=1S/C21H23BrN2O5S/c1-29-21(26)20(15-5-7-16(22)8-6-15)23-19(25)13-4-14-2-11-18(12-3-14)30(27,28)24-17-9-10-17/h2-3,5-8,11-12,17,20,24H,4,9-10,13H2,1H3,(H,23,25). The van der Waals surface area contributed by atoms with Gasteiger partial charge in [-0.3, -0.25) is 4.79 Å². The average molecular weight is 495 g/mol. The van der Waals surface area contributed by atoms with Crippen LogP contribution in [0, 0.1) is 0 Å². The third-order valence-electron chi connectivity index (χ3n) is 4.72. The molecule has 1 amide bonds. The molecule has 3 rings (SSSR count). The number of carbonyl (C=O) groups is 2. The fourth-order valence-electron chi connectivity index (χ4n) is 2.87. The summed E-state index contributed by atoms with van der Waals surface area (Å²) in [5, 5.41) is 2.70. The van der Waals surface area contributed by atoms with Crippen LogP contribution in [0.3, 0.4) is 0 Å². The largest absolute Gasteiger partial charge is 0.467 e. The first kappa shape index (κ1) is 22.5. The number of aryl methyl sites for hydroxylation is 1. The molecule has 0 saturated heterocycles. The summed E-state index contributed by atoms with van der Waals surface area (Å²) in [5.41, 5.74) is 1.45. The van der Waals surface area contributed by atoms with E-state index in [1.54, 1.807) is 36.4 Å². The molecule has 2 N–H and O–H groups in total. The van der Waals surface area contributed by atoms with Crippen molar-refractivity contribution in [2.45, 2.75) is 42.7 Å². The molecular weight excluding hydrogens is 472 g/mol. The van der Waals surface area contributed by atoms with Gasteiger partial charge >= 0.3 is 5.97 Å². The molecule has 0 bridgehead atoms. The lowest BCUT2D eigenvalue weighted by molar-refractivity contribution is -0.145. The Bertz CT molecular complexity index is 1000. The van der Waals surface area contributed by atoms with E-state index < -0.39 is 22.0 Å². The van der Waals surface area contributed by atoms with E-state index in [0.29, 0.717) is 12.0 Å². The second kappa shape index (κ2) is 9.72. The van der Waals surface area contributed by atoms with Crippen LogP contribution in [-0.4, -0.2) is 33.4 Å². The van der Waals surface area contributed by atoms with Gasteiger partial charge in [0.2, 0.25) is 15.9 Å². The van der Waals surface area contributed by atoms with Crippen LogP contribution < -0.4 is 10.0 Å². The van der Waals surface area contributed by atoms with Crippen molar-refractivity contribution in [3.05, 3.63) is 64.1 Å². The lowest BCUT2D eigenvalue weighted by atomic mass is 10.1. The highest BCUT2D eigenvalue weighted by Gasteiger charge is 2.28. The number of rotatable bonds is 9. The van der Waals surface area contributed by atoms with Crippen molar-refractivity contribution >= 4 is 37.8 Å². The minimum absolute atomic E-state index is 0.0480. The number of benzene rings is 2. The summed E-state index contributed by atoms with van der Waals surface area (Å²) in [6.07, 6.45) is 2.31. The highest BCUT2D eigenvalue weighted by atomic mass is 79.9.